The third-order valence-electron chi connectivity index (χ3n) is 3.68. The fraction of sp³-hybridized carbons (Fsp3) is 0.176. The van der Waals surface area contributed by atoms with E-state index in [4.69, 9.17) is 4.74 Å². The molecule has 2 aromatic heterocycles. The smallest absolute Gasteiger partial charge is 0.233 e. The highest BCUT2D eigenvalue weighted by atomic mass is 32.1. The molecule has 0 saturated carbocycles. The van der Waals surface area contributed by atoms with Gasteiger partial charge >= 0.3 is 0 Å². The Hall–Kier alpha value is -2.18. The van der Waals surface area contributed by atoms with E-state index in [-0.39, 0.29) is 5.91 Å². The zero-order valence-corrected chi connectivity index (χ0v) is 13.9. The Morgan fingerprint density at radius 1 is 1.26 bits per heavy atom. The molecule has 4 rings (SSSR count). The van der Waals surface area contributed by atoms with Gasteiger partial charge in [0, 0.05) is 16.3 Å². The van der Waals surface area contributed by atoms with E-state index in [9.17, 15) is 4.79 Å². The number of benzene rings is 1. The molecule has 1 aliphatic rings. The Bertz CT molecular complexity index is 827. The van der Waals surface area contributed by atoms with Crippen molar-refractivity contribution in [3.8, 4) is 16.3 Å². The second kappa shape index (κ2) is 6.14. The molecular weight excluding hydrogens is 328 g/mol. The first-order valence-corrected chi connectivity index (χ1v) is 9.13. The maximum atomic E-state index is 12.7. The Balaban J connectivity index is 1.53. The SMILES string of the molecule is O=C(Cc1csc(-c2ccsc2)n1)N1CCOc2ccccc21. The van der Waals surface area contributed by atoms with Gasteiger partial charge in [0.15, 0.2) is 0 Å². The van der Waals surface area contributed by atoms with Gasteiger partial charge in [0.1, 0.15) is 17.4 Å². The van der Waals surface area contributed by atoms with Crippen molar-refractivity contribution in [1.82, 2.24) is 4.98 Å². The molecule has 3 heterocycles. The van der Waals surface area contributed by atoms with Crippen molar-refractivity contribution < 1.29 is 9.53 Å². The number of aromatic nitrogens is 1. The van der Waals surface area contributed by atoms with Crippen LogP contribution in [0.15, 0.2) is 46.5 Å². The molecule has 6 heteroatoms. The van der Waals surface area contributed by atoms with Crippen molar-refractivity contribution >= 4 is 34.3 Å². The summed E-state index contributed by atoms with van der Waals surface area (Å²) in [6, 6.07) is 9.70. The normalized spacial score (nSPS) is 13.5. The molecule has 116 valence electrons. The van der Waals surface area contributed by atoms with Crippen LogP contribution in [0.4, 0.5) is 5.69 Å². The summed E-state index contributed by atoms with van der Waals surface area (Å²) >= 11 is 3.23. The van der Waals surface area contributed by atoms with Crippen LogP contribution in [0.5, 0.6) is 5.75 Å². The summed E-state index contributed by atoms with van der Waals surface area (Å²) in [4.78, 5) is 19.0. The van der Waals surface area contributed by atoms with E-state index in [1.807, 2.05) is 41.1 Å². The minimum atomic E-state index is 0.0583. The van der Waals surface area contributed by atoms with Gasteiger partial charge in [-0.1, -0.05) is 12.1 Å². The van der Waals surface area contributed by atoms with E-state index >= 15 is 0 Å². The van der Waals surface area contributed by atoms with Gasteiger partial charge in [-0.2, -0.15) is 11.3 Å². The maximum Gasteiger partial charge on any atom is 0.233 e. The van der Waals surface area contributed by atoms with Crippen LogP contribution in [0.3, 0.4) is 0 Å². The molecule has 0 atom stereocenters. The lowest BCUT2D eigenvalue weighted by Crippen LogP contribution is -2.38. The van der Waals surface area contributed by atoms with Crippen molar-refractivity contribution in [1.29, 1.82) is 0 Å². The van der Waals surface area contributed by atoms with Crippen molar-refractivity contribution in [3.63, 3.8) is 0 Å². The number of ether oxygens (including phenoxy) is 1. The summed E-state index contributed by atoms with van der Waals surface area (Å²) in [7, 11) is 0. The van der Waals surface area contributed by atoms with Gasteiger partial charge in [0.25, 0.3) is 0 Å². The highest BCUT2D eigenvalue weighted by molar-refractivity contribution is 7.14. The van der Waals surface area contributed by atoms with Gasteiger partial charge in [-0.05, 0) is 23.6 Å². The molecule has 23 heavy (non-hydrogen) atoms. The molecular formula is C17H14N2O2S2. The number of hydrogen-bond acceptors (Lipinski definition) is 5. The average molecular weight is 342 g/mol. The maximum absolute atomic E-state index is 12.7. The molecule has 0 spiro atoms. The molecule has 0 radical (unpaired) electrons. The van der Waals surface area contributed by atoms with Gasteiger partial charge in [-0.3, -0.25) is 4.79 Å². The number of carbonyl (C=O) groups excluding carboxylic acids is 1. The summed E-state index contributed by atoms with van der Waals surface area (Å²) in [6.07, 6.45) is 0.314. The molecule has 0 N–H and O–H groups in total. The molecule has 0 fully saturated rings. The van der Waals surface area contributed by atoms with E-state index in [0.717, 1.165) is 27.7 Å². The topological polar surface area (TPSA) is 42.4 Å². The van der Waals surface area contributed by atoms with Crippen molar-refractivity contribution in [2.24, 2.45) is 0 Å². The number of thiazole rings is 1. The lowest BCUT2D eigenvalue weighted by atomic mass is 10.2. The van der Waals surface area contributed by atoms with E-state index in [1.54, 1.807) is 27.6 Å². The molecule has 1 aromatic carbocycles. The first kappa shape index (κ1) is 14.4. The fourth-order valence-corrected chi connectivity index (χ4v) is 4.12. The van der Waals surface area contributed by atoms with E-state index in [0.29, 0.717) is 19.6 Å². The average Bonchev–Trinajstić information content (AvgIpc) is 3.25. The summed E-state index contributed by atoms with van der Waals surface area (Å²) in [5.41, 5.74) is 2.79. The number of anilines is 1. The van der Waals surface area contributed by atoms with Crippen molar-refractivity contribution in [3.05, 3.63) is 52.2 Å². The molecule has 0 bridgehead atoms. The lowest BCUT2D eigenvalue weighted by molar-refractivity contribution is -0.118. The predicted octanol–water partition coefficient (Wildman–Crippen LogP) is 3.84. The van der Waals surface area contributed by atoms with Crippen molar-refractivity contribution in [2.45, 2.75) is 6.42 Å². The zero-order valence-electron chi connectivity index (χ0n) is 12.3. The molecule has 4 nitrogen and oxygen atoms in total. The third-order valence-corrected chi connectivity index (χ3v) is 5.31. The number of nitrogens with zero attached hydrogens (tertiary/aromatic N) is 2. The Labute approximate surface area is 142 Å². The Kier molecular flexibility index (Phi) is 3.85. The first-order chi connectivity index (χ1) is 11.3. The van der Waals surface area contributed by atoms with Crippen LogP contribution in [0.25, 0.3) is 10.6 Å². The quantitative estimate of drug-likeness (QED) is 0.726. The molecule has 0 aliphatic carbocycles. The molecule has 1 aliphatic heterocycles. The predicted molar refractivity (Wildman–Crippen MR) is 93.4 cm³/mol. The minimum absolute atomic E-state index is 0.0583. The second-order valence-electron chi connectivity index (χ2n) is 5.19. The number of thiophene rings is 1. The molecule has 0 saturated heterocycles. The van der Waals surface area contributed by atoms with Crippen LogP contribution in [0, 0.1) is 0 Å². The largest absolute Gasteiger partial charge is 0.490 e. The highest BCUT2D eigenvalue weighted by Crippen LogP contribution is 2.32. The van der Waals surface area contributed by atoms with Gasteiger partial charge < -0.3 is 9.64 Å². The van der Waals surface area contributed by atoms with Crippen molar-refractivity contribution in [2.75, 3.05) is 18.1 Å². The number of rotatable bonds is 3. The zero-order chi connectivity index (χ0) is 15.6. The Morgan fingerprint density at radius 2 is 2.17 bits per heavy atom. The highest BCUT2D eigenvalue weighted by Gasteiger charge is 2.24. The summed E-state index contributed by atoms with van der Waals surface area (Å²) in [5, 5.41) is 7.04. The number of fused-ring (bicyclic) bond motifs is 1. The summed E-state index contributed by atoms with van der Waals surface area (Å²) in [5.74, 6) is 0.826. The number of amides is 1. The summed E-state index contributed by atoms with van der Waals surface area (Å²) in [6.45, 7) is 1.11. The molecule has 3 aromatic rings. The van der Waals surface area contributed by atoms with Gasteiger partial charge in [-0.25, -0.2) is 4.98 Å². The Morgan fingerprint density at radius 3 is 3.04 bits per heavy atom. The monoisotopic (exact) mass is 342 g/mol. The van der Waals surface area contributed by atoms with Crippen LogP contribution in [-0.2, 0) is 11.2 Å². The third kappa shape index (κ3) is 2.87. The number of para-hydroxylation sites is 2. The van der Waals surface area contributed by atoms with Crippen LogP contribution >= 0.6 is 22.7 Å². The molecule has 1 amide bonds. The van der Waals surface area contributed by atoms with E-state index < -0.39 is 0 Å². The van der Waals surface area contributed by atoms with Crippen LogP contribution < -0.4 is 9.64 Å². The minimum Gasteiger partial charge on any atom is -0.490 e. The van der Waals surface area contributed by atoms with Crippen LogP contribution in [-0.4, -0.2) is 24.0 Å². The van der Waals surface area contributed by atoms with Gasteiger partial charge in [0.2, 0.25) is 5.91 Å². The van der Waals surface area contributed by atoms with Crippen LogP contribution in [0.2, 0.25) is 0 Å². The lowest BCUT2D eigenvalue weighted by Gasteiger charge is -2.29. The first-order valence-electron chi connectivity index (χ1n) is 7.30. The summed E-state index contributed by atoms with van der Waals surface area (Å²) < 4.78 is 5.60. The van der Waals surface area contributed by atoms with E-state index in [1.165, 1.54) is 0 Å². The second-order valence-corrected chi connectivity index (χ2v) is 6.83. The number of hydrogen-bond donors (Lipinski definition) is 0. The number of carbonyl (C=O) groups is 1. The van der Waals surface area contributed by atoms with Crippen LogP contribution in [0.1, 0.15) is 5.69 Å². The van der Waals surface area contributed by atoms with E-state index in [2.05, 4.69) is 10.4 Å². The fourth-order valence-electron chi connectivity index (χ4n) is 2.59. The standard InChI is InChI=1S/C17H14N2O2S2/c20-16(19-6-7-21-15-4-2-1-3-14(15)19)9-13-11-23-17(18-13)12-5-8-22-10-12/h1-5,8,10-11H,6-7,9H2. The van der Waals surface area contributed by atoms with Gasteiger partial charge in [-0.15, -0.1) is 11.3 Å². The molecule has 0 unspecified atom stereocenters. The van der Waals surface area contributed by atoms with Gasteiger partial charge in [0.05, 0.1) is 24.3 Å².